The summed E-state index contributed by atoms with van der Waals surface area (Å²) in [6.45, 7) is 3.98. The molecule has 6 nitrogen and oxygen atoms in total. The lowest BCUT2D eigenvalue weighted by atomic mass is 9.63. The van der Waals surface area contributed by atoms with E-state index in [2.05, 4.69) is 5.32 Å². The number of aliphatic carboxylic acids is 1. The minimum absolute atomic E-state index is 0.00498. The summed E-state index contributed by atoms with van der Waals surface area (Å²) in [6, 6.07) is 15.9. The number of carboxylic acids is 1. The van der Waals surface area contributed by atoms with Crippen molar-refractivity contribution < 1.29 is 24.6 Å². The molecule has 2 aliphatic rings. The number of carboxylic acid groups (broad SMARTS) is 1. The molecule has 0 radical (unpaired) electrons. The normalized spacial score (nSPS) is 26.7. The van der Waals surface area contributed by atoms with Gasteiger partial charge in [0.1, 0.15) is 5.78 Å². The highest BCUT2D eigenvalue weighted by Crippen LogP contribution is 2.60. The van der Waals surface area contributed by atoms with Gasteiger partial charge in [-0.05, 0) is 41.9 Å². The second-order valence-electron chi connectivity index (χ2n) is 9.66. The van der Waals surface area contributed by atoms with Crippen LogP contribution in [0.5, 0.6) is 0 Å². The Kier molecular flexibility index (Phi) is 5.67. The van der Waals surface area contributed by atoms with E-state index in [1.807, 2.05) is 13.8 Å². The lowest BCUT2D eigenvalue weighted by molar-refractivity contribution is -0.173. The summed E-state index contributed by atoms with van der Waals surface area (Å²) in [5.74, 6) is -3.16. The zero-order valence-electron chi connectivity index (χ0n) is 18.3. The molecular weight excluding hydrogens is 406 g/mol. The molecule has 2 aliphatic carbocycles. The van der Waals surface area contributed by atoms with Crippen LogP contribution in [-0.2, 0) is 9.59 Å². The van der Waals surface area contributed by atoms with Crippen LogP contribution in [0.25, 0.3) is 0 Å². The highest BCUT2D eigenvalue weighted by Gasteiger charge is 2.65. The number of fused-ring (bicyclic) bond motifs is 2. The zero-order chi connectivity index (χ0) is 23.1. The van der Waals surface area contributed by atoms with E-state index in [1.165, 1.54) is 0 Å². The molecule has 4 unspecified atom stereocenters. The number of Topliss-reactive ketones (excluding diaryl/α,β-unsaturated/α-hetero) is 1. The van der Waals surface area contributed by atoms with Gasteiger partial charge in [0.05, 0.1) is 6.04 Å². The standard InChI is InChI=1S/C26H29NO5/c1-25(2)18-13-14-20(28)21(25)19(15-18)26(32,24(30)31)22(16-9-5-3-6-10-16)27-23(29)17-11-7-4-8-12-17/h3-12,18-19,21-22,32H,13-15H2,1-2H3,(H,27,29)(H,30,31)/t18?,19?,21?,22-,26?/m0/s1. The van der Waals surface area contributed by atoms with E-state index in [-0.39, 0.29) is 11.7 Å². The maximum absolute atomic E-state index is 13.0. The molecule has 4 rings (SSSR count). The third-order valence-corrected chi connectivity index (χ3v) is 7.67. The van der Waals surface area contributed by atoms with Gasteiger partial charge in [-0.2, -0.15) is 0 Å². The van der Waals surface area contributed by atoms with Gasteiger partial charge in [-0.15, -0.1) is 0 Å². The van der Waals surface area contributed by atoms with Crippen LogP contribution in [0, 0.1) is 23.2 Å². The van der Waals surface area contributed by atoms with Crippen LogP contribution >= 0.6 is 0 Å². The van der Waals surface area contributed by atoms with Crippen LogP contribution in [0.4, 0.5) is 0 Å². The third kappa shape index (κ3) is 3.52. The molecule has 0 aliphatic heterocycles. The van der Waals surface area contributed by atoms with E-state index in [9.17, 15) is 24.6 Å². The number of amides is 1. The molecular formula is C26H29NO5. The van der Waals surface area contributed by atoms with Crippen molar-refractivity contribution in [2.75, 3.05) is 0 Å². The van der Waals surface area contributed by atoms with Gasteiger partial charge in [-0.1, -0.05) is 62.4 Å². The van der Waals surface area contributed by atoms with Crippen molar-refractivity contribution >= 4 is 17.7 Å². The first-order chi connectivity index (χ1) is 15.2. The molecule has 0 saturated heterocycles. The monoisotopic (exact) mass is 435 g/mol. The van der Waals surface area contributed by atoms with Crippen molar-refractivity contribution in [3.63, 3.8) is 0 Å². The Balaban J connectivity index is 1.80. The first-order valence-corrected chi connectivity index (χ1v) is 11.1. The average molecular weight is 436 g/mol. The zero-order valence-corrected chi connectivity index (χ0v) is 18.3. The highest BCUT2D eigenvalue weighted by molar-refractivity contribution is 5.95. The summed E-state index contributed by atoms with van der Waals surface area (Å²) < 4.78 is 0. The van der Waals surface area contributed by atoms with Crippen LogP contribution in [0.15, 0.2) is 60.7 Å². The van der Waals surface area contributed by atoms with E-state index in [4.69, 9.17) is 0 Å². The molecule has 0 heterocycles. The molecule has 2 saturated carbocycles. The Morgan fingerprint density at radius 3 is 2.25 bits per heavy atom. The molecule has 2 aromatic rings. The summed E-state index contributed by atoms with van der Waals surface area (Å²) in [6.07, 6.45) is 1.52. The van der Waals surface area contributed by atoms with Gasteiger partial charge in [0.15, 0.2) is 5.60 Å². The summed E-state index contributed by atoms with van der Waals surface area (Å²) in [7, 11) is 0. The fraction of sp³-hybridized carbons (Fsp3) is 0.423. The van der Waals surface area contributed by atoms with Gasteiger partial charge in [0, 0.05) is 23.8 Å². The first kappa shape index (κ1) is 22.2. The first-order valence-electron chi connectivity index (χ1n) is 11.1. The van der Waals surface area contributed by atoms with Gasteiger partial charge in [0.2, 0.25) is 0 Å². The van der Waals surface area contributed by atoms with Gasteiger partial charge in [-0.25, -0.2) is 4.79 Å². The predicted molar refractivity (Wildman–Crippen MR) is 119 cm³/mol. The van der Waals surface area contributed by atoms with Crippen molar-refractivity contribution in [1.29, 1.82) is 0 Å². The predicted octanol–water partition coefficient (Wildman–Crippen LogP) is 3.61. The number of carbonyl (C=O) groups excluding carboxylic acids is 2. The molecule has 2 fully saturated rings. The molecule has 5 atom stereocenters. The molecule has 3 N–H and O–H groups in total. The number of nitrogens with one attached hydrogen (secondary N) is 1. The maximum atomic E-state index is 13.0. The Hall–Kier alpha value is -2.99. The van der Waals surface area contributed by atoms with Crippen molar-refractivity contribution in [2.45, 2.75) is 44.8 Å². The lowest BCUT2D eigenvalue weighted by Crippen LogP contribution is -2.58. The van der Waals surface area contributed by atoms with Crippen LogP contribution in [-0.4, -0.2) is 33.5 Å². The SMILES string of the molecule is CC1(C)C2CCC(=O)C1C(C(O)(C(=O)O)[C@@H](NC(=O)c1ccccc1)c1ccccc1)C2. The molecule has 2 bridgehead atoms. The second kappa shape index (κ2) is 8.17. The van der Waals surface area contributed by atoms with Crippen LogP contribution in [0.3, 0.4) is 0 Å². The number of hydrogen-bond acceptors (Lipinski definition) is 4. The van der Waals surface area contributed by atoms with Gasteiger partial charge in [0.25, 0.3) is 5.91 Å². The molecule has 1 amide bonds. The minimum Gasteiger partial charge on any atom is -0.479 e. The topological polar surface area (TPSA) is 104 Å². The molecule has 32 heavy (non-hydrogen) atoms. The lowest BCUT2D eigenvalue weighted by Gasteiger charge is -2.43. The highest BCUT2D eigenvalue weighted by atomic mass is 16.4. The average Bonchev–Trinajstić information content (AvgIpc) is 2.92. The fourth-order valence-corrected chi connectivity index (χ4v) is 5.95. The third-order valence-electron chi connectivity index (χ3n) is 7.67. The minimum atomic E-state index is -2.34. The van der Waals surface area contributed by atoms with Crippen molar-refractivity contribution in [3.05, 3.63) is 71.8 Å². The number of ketones is 1. The van der Waals surface area contributed by atoms with Crippen molar-refractivity contribution in [3.8, 4) is 0 Å². The van der Waals surface area contributed by atoms with Gasteiger partial charge < -0.3 is 15.5 Å². The molecule has 2 aromatic carbocycles. The molecule has 0 aromatic heterocycles. The number of benzene rings is 2. The number of rotatable bonds is 6. The van der Waals surface area contributed by atoms with Gasteiger partial charge >= 0.3 is 5.97 Å². The molecule has 168 valence electrons. The second-order valence-corrected chi connectivity index (χ2v) is 9.66. The quantitative estimate of drug-likeness (QED) is 0.643. The van der Waals surface area contributed by atoms with Crippen LogP contribution in [0.1, 0.15) is 55.1 Å². The summed E-state index contributed by atoms with van der Waals surface area (Å²) in [5, 5.41) is 25.1. The van der Waals surface area contributed by atoms with E-state index < -0.39 is 40.8 Å². The Bertz CT molecular complexity index is 1020. The Morgan fingerprint density at radius 2 is 1.66 bits per heavy atom. The van der Waals surface area contributed by atoms with Crippen molar-refractivity contribution in [1.82, 2.24) is 5.32 Å². The summed E-state index contributed by atoms with van der Waals surface area (Å²) in [4.78, 5) is 38.7. The van der Waals surface area contributed by atoms with Crippen molar-refractivity contribution in [2.24, 2.45) is 23.2 Å². The smallest absolute Gasteiger partial charge is 0.338 e. The maximum Gasteiger partial charge on any atom is 0.338 e. The van der Waals surface area contributed by atoms with Crippen LogP contribution in [0.2, 0.25) is 0 Å². The van der Waals surface area contributed by atoms with E-state index in [0.29, 0.717) is 30.4 Å². The van der Waals surface area contributed by atoms with Gasteiger partial charge in [-0.3, -0.25) is 9.59 Å². The number of hydrogen-bond donors (Lipinski definition) is 3. The summed E-state index contributed by atoms with van der Waals surface area (Å²) >= 11 is 0. The molecule has 6 heteroatoms. The van der Waals surface area contributed by atoms with E-state index in [0.717, 1.165) is 0 Å². The fourth-order valence-electron chi connectivity index (χ4n) is 5.95. The number of carbonyl (C=O) groups is 3. The van der Waals surface area contributed by atoms with E-state index in [1.54, 1.807) is 60.7 Å². The largest absolute Gasteiger partial charge is 0.479 e. The summed E-state index contributed by atoms with van der Waals surface area (Å²) in [5.41, 5.74) is -1.91. The molecule has 0 spiro atoms. The Morgan fingerprint density at radius 1 is 1.06 bits per heavy atom. The number of aliphatic hydroxyl groups is 1. The van der Waals surface area contributed by atoms with Crippen LogP contribution < -0.4 is 5.32 Å². The van der Waals surface area contributed by atoms with E-state index >= 15 is 0 Å². The Labute approximate surface area is 187 Å².